The van der Waals surface area contributed by atoms with Crippen LogP contribution in [0.5, 0.6) is 5.75 Å². The molecule has 0 spiro atoms. The van der Waals surface area contributed by atoms with Crippen molar-refractivity contribution in [2.24, 2.45) is 4.99 Å². The highest BCUT2D eigenvalue weighted by Gasteiger charge is 2.21. The molecule has 1 aromatic carbocycles. The fraction of sp³-hybridized carbons (Fsp3) is 0.143. The largest absolute Gasteiger partial charge is 0.482 e. The number of carboxylic acid groups (broad SMARTS) is 1. The Bertz CT molecular complexity index is 764. The van der Waals surface area contributed by atoms with Gasteiger partial charge in [-0.15, -0.1) is 0 Å². The third-order valence-corrected chi connectivity index (χ3v) is 2.72. The molecule has 8 nitrogen and oxygen atoms in total. The number of carbonyl (C=O) groups is 1. The summed E-state index contributed by atoms with van der Waals surface area (Å²) in [6, 6.07) is 9.10. The molecule has 1 N–H and O–H groups in total. The number of aliphatic imine (C=N–C) groups is 1. The molecule has 22 heavy (non-hydrogen) atoms. The van der Waals surface area contributed by atoms with Gasteiger partial charge in [0.05, 0.1) is 6.20 Å². The van der Waals surface area contributed by atoms with Crippen LogP contribution in [-0.4, -0.2) is 26.7 Å². The summed E-state index contributed by atoms with van der Waals surface area (Å²) in [5.74, 6) is -1.62. The van der Waals surface area contributed by atoms with E-state index in [0.717, 1.165) is 18.0 Å². The molecule has 2 rings (SSSR count). The van der Waals surface area contributed by atoms with E-state index < -0.39 is 17.7 Å². The molecule has 0 saturated carbocycles. The Hall–Kier alpha value is -3.25. The van der Waals surface area contributed by atoms with Crippen molar-refractivity contribution in [3.8, 4) is 5.75 Å². The molecular weight excluding hydrogens is 290 g/mol. The van der Waals surface area contributed by atoms with Gasteiger partial charge in [0.25, 0.3) is 5.56 Å². The number of nitrogens with zero attached hydrogens (tertiary/aromatic N) is 3. The third-order valence-electron chi connectivity index (χ3n) is 2.72. The van der Waals surface area contributed by atoms with E-state index in [2.05, 4.69) is 9.98 Å². The molecule has 8 heteroatoms. The number of aliphatic carboxylic acids is 1. The fourth-order valence-corrected chi connectivity index (χ4v) is 1.70. The zero-order valence-corrected chi connectivity index (χ0v) is 11.2. The minimum atomic E-state index is -1.72. The maximum absolute atomic E-state index is 12.2. The molecule has 0 saturated heterocycles. The molecule has 1 atom stereocenters. The van der Waals surface area contributed by atoms with E-state index in [1.54, 1.807) is 0 Å². The van der Waals surface area contributed by atoms with Crippen LogP contribution in [0.4, 0.5) is 0 Å². The van der Waals surface area contributed by atoms with Crippen molar-refractivity contribution in [1.82, 2.24) is 9.55 Å². The molecule has 0 bridgehead atoms. The highest BCUT2D eigenvalue weighted by Crippen LogP contribution is 2.09. The van der Waals surface area contributed by atoms with Gasteiger partial charge in [0.1, 0.15) is 12.9 Å². The predicted molar refractivity (Wildman–Crippen MR) is 74.1 cm³/mol. The number of carboxylic acids is 1. The predicted octanol–water partition coefficient (Wildman–Crippen LogP) is 0.741. The average Bonchev–Trinajstić information content (AvgIpc) is 2.53. The Morgan fingerprint density at radius 3 is 2.77 bits per heavy atom. The van der Waals surface area contributed by atoms with Crippen molar-refractivity contribution in [2.75, 3.05) is 0 Å². The van der Waals surface area contributed by atoms with Gasteiger partial charge in [0.2, 0.25) is 18.0 Å². The van der Waals surface area contributed by atoms with Crippen LogP contribution in [0.1, 0.15) is 11.7 Å². The first-order valence-electron chi connectivity index (χ1n) is 6.16. The van der Waals surface area contributed by atoms with Gasteiger partial charge in [-0.2, -0.15) is 4.99 Å². The second-order valence-corrected chi connectivity index (χ2v) is 4.18. The smallest absolute Gasteiger partial charge is 0.350 e. The summed E-state index contributed by atoms with van der Waals surface area (Å²) in [5.41, 5.74) is 0.0790. The third kappa shape index (κ3) is 3.44. The van der Waals surface area contributed by atoms with E-state index in [-0.39, 0.29) is 12.4 Å². The van der Waals surface area contributed by atoms with Crippen LogP contribution in [0.2, 0.25) is 0 Å². The van der Waals surface area contributed by atoms with Crippen molar-refractivity contribution in [1.29, 1.82) is 0 Å². The lowest BCUT2D eigenvalue weighted by atomic mass is 10.2. The number of rotatable bonds is 6. The number of hydrogen-bond donors (Lipinski definition) is 1. The molecule has 0 aliphatic carbocycles. The Labute approximate surface area is 124 Å². The van der Waals surface area contributed by atoms with E-state index in [1.807, 2.05) is 30.3 Å². The normalized spacial score (nSPS) is 11.3. The van der Waals surface area contributed by atoms with Gasteiger partial charge in [0.15, 0.2) is 0 Å². The van der Waals surface area contributed by atoms with Crippen molar-refractivity contribution in [2.45, 2.75) is 12.8 Å². The summed E-state index contributed by atoms with van der Waals surface area (Å²) in [7, 11) is 0. The van der Waals surface area contributed by atoms with Gasteiger partial charge in [-0.25, -0.2) is 14.6 Å². The summed E-state index contributed by atoms with van der Waals surface area (Å²) >= 11 is 0. The molecule has 0 fully saturated rings. The summed E-state index contributed by atoms with van der Waals surface area (Å²) in [6.07, 6.45) is 1.54. The lowest BCUT2D eigenvalue weighted by Crippen LogP contribution is -2.29. The molecule has 0 aliphatic heterocycles. The molecule has 112 valence electrons. The summed E-state index contributed by atoms with van der Waals surface area (Å²) in [5, 5.41) is 8.98. The molecule has 1 heterocycles. The molecule has 0 radical (unpaired) electrons. The monoisotopic (exact) mass is 301 g/mol. The minimum absolute atomic E-state index is 0.121. The van der Waals surface area contributed by atoms with Crippen molar-refractivity contribution in [3.63, 3.8) is 0 Å². The van der Waals surface area contributed by atoms with E-state index >= 15 is 0 Å². The van der Waals surface area contributed by atoms with Crippen LogP contribution in [0.3, 0.4) is 0 Å². The van der Waals surface area contributed by atoms with Crippen LogP contribution in [0.25, 0.3) is 0 Å². The zero-order chi connectivity index (χ0) is 15.9. The van der Waals surface area contributed by atoms with Crippen molar-refractivity contribution >= 4 is 12.0 Å². The van der Waals surface area contributed by atoms with E-state index in [9.17, 15) is 14.4 Å². The van der Waals surface area contributed by atoms with Crippen molar-refractivity contribution in [3.05, 3.63) is 58.8 Å². The molecule has 1 aromatic heterocycles. The minimum Gasteiger partial charge on any atom is -0.482 e. The van der Waals surface area contributed by atoms with Crippen LogP contribution >= 0.6 is 0 Å². The van der Waals surface area contributed by atoms with Crippen LogP contribution < -0.4 is 10.3 Å². The van der Waals surface area contributed by atoms with Gasteiger partial charge < -0.3 is 9.84 Å². The first-order chi connectivity index (χ1) is 10.6. The topological polar surface area (TPSA) is 111 Å². The summed E-state index contributed by atoms with van der Waals surface area (Å²) in [4.78, 5) is 40.3. The zero-order valence-electron chi connectivity index (χ0n) is 11.2. The fourth-order valence-electron chi connectivity index (χ4n) is 1.70. The van der Waals surface area contributed by atoms with Crippen LogP contribution in [-0.2, 0) is 16.2 Å². The number of benzene rings is 1. The average molecular weight is 301 g/mol. The lowest BCUT2D eigenvalue weighted by molar-refractivity contribution is -0.140. The second kappa shape index (κ2) is 6.96. The van der Waals surface area contributed by atoms with E-state index in [1.165, 1.54) is 6.20 Å². The number of aromatic nitrogens is 2. The molecule has 2 aromatic rings. The maximum Gasteiger partial charge on any atom is 0.350 e. The Morgan fingerprint density at radius 2 is 2.14 bits per heavy atom. The maximum atomic E-state index is 12.2. The van der Waals surface area contributed by atoms with Gasteiger partial charge in [-0.3, -0.25) is 9.36 Å². The van der Waals surface area contributed by atoms with Crippen LogP contribution in [0, 0.1) is 0 Å². The van der Waals surface area contributed by atoms with Gasteiger partial charge in [0, 0.05) is 0 Å². The summed E-state index contributed by atoms with van der Waals surface area (Å²) in [6.45, 7) is 0.121. The van der Waals surface area contributed by atoms with Gasteiger partial charge in [-0.1, -0.05) is 30.3 Å². The van der Waals surface area contributed by atoms with Gasteiger partial charge >= 0.3 is 5.97 Å². The molecular formula is C14H11N3O5. The Balaban J connectivity index is 2.27. The standard InChI is InChI=1S/C14H11N3O5/c18-9-16-12(14(20)21)17-8-15-6-11(13(17)19)22-7-10-4-2-1-3-5-10/h1-6,8,12H,7H2,(H,20,21). The quantitative estimate of drug-likeness (QED) is 0.622. The first-order valence-corrected chi connectivity index (χ1v) is 6.16. The van der Waals surface area contributed by atoms with Crippen molar-refractivity contribution < 1.29 is 19.4 Å². The van der Waals surface area contributed by atoms with Crippen LogP contribution in [0.15, 0.2) is 52.6 Å². The SMILES string of the molecule is O=C=NC(C(=O)O)n1cncc(OCc2ccccc2)c1=O. The molecule has 0 amide bonds. The number of carbonyl (C=O) groups excluding carboxylic acids is 1. The second-order valence-electron chi connectivity index (χ2n) is 4.18. The number of ether oxygens (including phenoxy) is 1. The van der Waals surface area contributed by atoms with E-state index in [0.29, 0.717) is 4.57 Å². The number of hydrogen-bond acceptors (Lipinski definition) is 6. The van der Waals surface area contributed by atoms with E-state index in [4.69, 9.17) is 9.84 Å². The summed E-state index contributed by atoms with van der Waals surface area (Å²) < 4.78 is 6.03. The molecule has 1 unspecified atom stereocenters. The molecule has 0 aliphatic rings. The lowest BCUT2D eigenvalue weighted by Gasteiger charge is -2.11. The Kier molecular flexibility index (Phi) is 4.79. The highest BCUT2D eigenvalue weighted by atomic mass is 16.5. The first kappa shape index (κ1) is 15.1. The Morgan fingerprint density at radius 1 is 1.41 bits per heavy atom. The van der Waals surface area contributed by atoms with Gasteiger partial charge in [-0.05, 0) is 5.56 Å². The number of isocyanates is 1. The highest BCUT2D eigenvalue weighted by molar-refractivity contribution is 5.72.